The highest BCUT2D eigenvalue weighted by molar-refractivity contribution is 7.13. The lowest BCUT2D eigenvalue weighted by Crippen LogP contribution is -2.25. The van der Waals surface area contributed by atoms with E-state index in [-0.39, 0.29) is 11.7 Å². The van der Waals surface area contributed by atoms with Gasteiger partial charge in [-0.25, -0.2) is 4.79 Å². The van der Waals surface area contributed by atoms with Gasteiger partial charge >= 0.3 is 11.9 Å². The fourth-order valence-electron chi connectivity index (χ4n) is 4.55. The zero-order valence-corrected chi connectivity index (χ0v) is 21.0. The van der Waals surface area contributed by atoms with Gasteiger partial charge in [-0.1, -0.05) is 43.3 Å². The van der Waals surface area contributed by atoms with Crippen LogP contribution in [0.15, 0.2) is 54.6 Å². The number of carbonyl (C=O) groups is 3. The second-order valence-electron chi connectivity index (χ2n) is 9.23. The van der Waals surface area contributed by atoms with E-state index in [0.717, 1.165) is 24.1 Å². The molecule has 1 fully saturated rings. The first-order valence-corrected chi connectivity index (χ1v) is 12.9. The molecule has 1 saturated carbocycles. The Labute approximate surface area is 209 Å². The van der Waals surface area contributed by atoms with Gasteiger partial charge in [0.05, 0.1) is 7.11 Å². The van der Waals surface area contributed by atoms with Gasteiger partial charge in [0, 0.05) is 23.1 Å². The summed E-state index contributed by atoms with van der Waals surface area (Å²) in [4.78, 5) is 37.9. The zero-order valence-electron chi connectivity index (χ0n) is 20.2. The number of ether oxygens (including phenoxy) is 1. The number of Topliss-reactive ketones (excluding diaryl/α,β-unsaturated/α-hetero) is 1. The molecule has 1 unspecified atom stereocenters. The molecule has 0 spiro atoms. The Morgan fingerprint density at radius 3 is 2.60 bits per heavy atom. The predicted octanol–water partition coefficient (Wildman–Crippen LogP) is 6.48. The van der Waals surface area contributed by atoms with Crippen molar-refractivity contribution in [2.24, 2.45) is 17.8 Å². The fourth-order valence-corrected chi connectivity index (χ4v) is 5.52. The molecule has 188 valence electrons. The van der Waals surface area contributed by atoms with Gasteiger partial charge < -0.3 is 4.74 Å². The van der Waals surface area contributed by atoms with Crippen molar-refractivity contribution in [1.29, 1.82) is 0 Å². The number of benzene rings is 1. The monoisotopic (exact) mass is 502 g/mol. The van der Waals surface area contributed by atoms with E-state index in [1.807, 2.05) is 31.2 Å². The number of methoxy groups -OCH3 is 1. The van der Waals surface area contributed by atoms with Crippen molar-refractivity contribution in [1.82, 2.24) is 0 Å². The van der Waals surface area contributed by atoms with Gasteiger partial charge in [0.25, 0.3) is 0 Å². The summed E-state index contributed by atoms with van der Waals surface area (Å²) < 4.78 is 33.1. The van der Waals surface area contributed by atoms with Crippen LogP contribution in [-0.2, 0) is 27.2 Å². The van der Waals surface area contributed by atoms with Crippen molar-refractivity contribution >= 4 is 28.9 Å². The van der Waals surface area contributed by atoms with Crippen LogP contribution in [0.5, 0.6) is 0 Å². The lowest BCUT2D eigenvalue weighted by atomic mass is 9.89. The maximum absolute atomic E-state index is 14.2. The van der Waals surface area contributed by atoms with Crippen molar-refractivity contribution in [2.75, 3.05) is 7.11 Å². The third-order valence-corrected chi connectivity index (χ3v) is 7.76. The number of aryl methyl sites for hydroxylation is 2. The van der Waals surface area contributed by atoms with Crippen LogP contribution in [0.2, 0.25) is 0 Å². The molecule has 0 saturated heterocycles. The maximum atomic E-state index is 14.2. The van der Waals surface area contributed by atoms with Crippen LogP contribution in [0.3, 0.4) is 0 Å². The quantitative estimate of drug-likeness (QED) is 0.246. The largest absolute Gasteiger partial charge is 0.465 e. The minimum Gasteiger partial charge on any atom is -0.465 e. The lowest BCUT2D eigenvalue weighted by molar-refractivity contribution is -0.141. The third-order valence-electron chi connectivity index (χ3n) is 6.63. The summed E-state index contributed by atoms with van der Waals surface area (Å²) >= 11 is 1.31. The van der Waals surface area contributed by atoms with E-state index in [4.69, 9.17) is 4.74 Å². The van der Waals surface area contributed by atoms with Crippen LogP contribution in [0.1, 0.15) is 59.1 Å². The molecular formula is C28H32F2O4S. The standard InChI is InChI=1S/C28H32F2O4S/c1-19(8-6-11-20-9-4-3-5-10-20)24(31)16-14-21-18-28(29,30)26(32)23(21)13-7-12-22-15-17-25(35-22)27(33)34-2/h3-5,9-10,14-17,19,21,23H,6-8,11-13,18H2,1-2H3/t19-,21-,23?/m0/s1. The average Bonchev–Trinajstić information content (AvgIpc) is 3.40. The lowest BCUT2D eigenvalue weighted by Gasteiger charge is -2.14. The van der Waals surface area contributed by atoms with Gasteiger partial charge in [-0.2, -0.15) is 8.78 Å². The molecule has 7 heteroatoms. The molecule has 2 aromatic rings. The summed E-state index contributed by atoms with van der Waals surface area (Å²) in [6.07, 6.45) is 6.31. The van der Waals surface area contributed by atoms with E-state index in [0.29, 0.717) is 24.1 Å². The van der Waals surface area contributed by atoms with Crippen molar-refractivity contribution in [3.05, 3.63) is 69.9 Å². The molecule has 0 aliphatic heterocycles. The molecule has 3 atom stereocenters. The first-order valence-electron chi connectivity index (χ1n) is 12.1. The Balaban J connectivity index is 1.52. The maximum Gasteiger partial charge on any atom is 0.348 e. The molecular weight excluding hydrogens is 470 g/mol. The Morgan fingerprint density at radius 1 is 1.14 bits per heavy atom. The average molecular weight is 503 g/mol. The molecule has 1 aromatic carbocycles. The molecule has 1 aromatic heterocycles. The number of carbonyl (C=O) groups excluding carboxylic acids is 3. The van der Waals surface area contributed by atoms with E-state index < -0.39 is 35.9 Å². The van der Waals surface area contributed by atoms with Crippen LogP contribution in [-0.4, -0.2) is 30.6 Å². The minimum atomic E-state index is -3.36. The number of hydrogen-bond acceptors (Lipinski definition) is 5. The van der Waals surface area contributed by atoms with E-state index in [2.05, 4.69) is 12.1 Å². The fraction of sp³-hybridized carbons (Fsp3) is 0.464. The van der Waals surface area contributed by atoms with Crippen molar-refractivity contribution < 1.29 is 27.9 Å². The summed E-state index contributed by atoms with van der Waals surface area (Å²) in [5, 5.41) is 0. The zero-order chi connectivity index (χ0) is 25.4. The van der Waals surface area contributed by atoms with Crippen molar-refractivity contribution in [3.8, 4) is 0 Å². The first kappa shape index (κ1) is 26.9. The number of allylic oxidation sites excluding steroid dienone is 2. The van der Waals surface area contributed by atoms with Crippen molar-refractivity contribution in [3.63, 3.8) is 0 Å². The van der Waals surface area contributed by atoms with Crippen LogP contribution < -0.4 is 0 Å². The van der Waals surface area contributed by atoms with Gasteiger partial charge in [-0.15, -0.1) is 11.3 Å². The summed E-state index contributed by atoms with van der Waals surface area (Å²) in [5.74, 6) is -6.53. The predicted molar refractivity (Wildman–Crippen MR) is 133 cm³/mol. The number of ketones is 2. The second-order valence-corrected chi connectivity index (χ2v) is 10.4. The SMILES string of the molecule is COC(=O)c1ccc(CCCC2C(=O)C(F)(F)C[C@@H]2C=CC(=O)[C@@H](C)CCCc2ccccc2)s1. The second kappa shape index (κ2) is 12.3. The molecule has 1 aliphatic rings. The van der Waals surface area contributed by atoms with Crippen LogP contribution in [0, 0.1) is 17.8 Å². The summed E-state index contributed by atoms with van der Waals surface area (Å²) in [6, 6.07) is 13.5. The molecule has 1 aliphatic carbocycles. The summed E-state index contributed by atoms with van der Waals surface area (Å²) in [5.41, 5.74) is 1.22. The van der Waals surface area contributed by atoms with E-state index in [1.165, 1.54) is 36.2 Å². The number of hydrogen-bond donors (Lipinski definition) is 0. The Kier molecular flexibility index (Phi) is 9.49. The molecule has 0 bridgehead atoms. The van der Waals surface area contributed by atoms with Gasteiger partial charge in [-0.05, 0) is 68.2 Å². The highest BCUT2D eigenvalue weighted by Gasteiger charge is 2.53. The Morgan fingerprint density at radius 2 is 1.89 bits per heavy atom. The highest BCUT2D eigenvalue weighted by atomic mass is 32.1. The van der Waals surface area contributed by atoms with E-state index in [1.54, 1.807) is 6.07 Å². The van der Waals surface area contributed by atoms with Crippen LogP contribution in [0.25, 0.3) is 0 Å². The highest BCUT2D eigenvalue weighted by Crippen LogP contribution is 2.43. The van der Waals surface area contributed by atoms with Crippen LogP contribution >= 0.6 is 11.3 Å². The topological polar surface area (TPSA) is 60.4 Å². The first-order chi connectivity index (χ1) is 16.7. The number of rotatable bonds is 12. The summed E-state index contributed by atoms with van der Waals surface area (Å²) in [7, 11) is 1.32. The molecule has 0 amide bonds. The normalized spacial score (nSPS) is 20.3. The molecule has 4 nitrogen and oxygen atoms in total. The number of alkyl halides is 2. The van der Waals surface area contributed by atoms with Crippen LogP contribution in [0.4, 0.5) is 8.78 Å². The number of thiophene rings is 1. The van der Waals surface area contributed by atoms with Gasteiger partial charge in [0.1, 0.15) is 4.88 Å². The third kappa shape index (κ3) is 7.40. The van der Waals surface area contributed by atoms with Gasteiger partial charge in [0.2, 0.25) is 5.78 Å². The Hall–Kier alpha value is -2.67. The molecule has 0 radical (unpaired) electrons. The molecule has 1 heterocycles. The molecule has 3 rings (SSSR count). The minimum absolute atomic E-state index is 0.0894. The number of halogens is 2. The van der Waals surface area contributed by atoms with Crippen molar-refractivity contribution in [2.45, 2.75) is 57.8 Å². The van der Waals surface area contributed by atoms with E-state index in [9.17, 15) is 23.2 Å². The van der Waals surface area contributed by atoms with E-state index >= 15 is 0 Å². The Bertz CT molecular complexity index is 1040. The van der Waals surface area contributed by atoms with Gasteiger partial charge in [0.15, 0.2) is 5.78 Å². The number of esters is 1. The van der Waals surface area contributed by atoms with Gasteiger partial charge in [-0.3, -0.25) is 9.59 Å². The molecule has 35 heavy (non-hydrogen) atoms. The molecule has 0 N–H and O–H groups in total. The summed E-state index contributed by atoms with van der Waals surface area (Å²) in [6.45, 7) is 1.85. The smallest absolute Gasteiger partial charge is 0.348 e.